The average molecular weight is 525 g/mol. The van der Waals surface area contributed by atoms with Gasteiger partial charge in [-0.3, -0.25) is 9.48 Å². The number of aromatic nitrogens is 3. The van der Waals surface area contributed by atoms with Crippen molar-refractivity contribution in [3.8, 4) is 0 Å². The van der Waals surface area contributed by atoms with Gasteiger partial charge in [0.1, 0.15) is 11.3 Å². The first-order chi connectivity index (χ1) is 16.1. The third kappa shape index (κ3) is 5.23. The van der Waals surface area contributed by atoms with Crippen LogP contribution >= 0.6 is 0 Å². The van der Waals surface area contributed by atoms with Crippen LogP contribution in [-0.2, 0) is 22.5 Å². The molecule has 2 aromatic heterocycles. The number of nitrogens with zero attached hydrogens (tertiary/aromatic N) is 4. The van der Waals surface area contributed by atoms with Gasteiger partial charge in [0.05, 0.1) is 26.7 Å². The molecule has 0 radical (unpaired) electrons. The number of rotatable bonds is 5. The van der Waals surface area contributed by atoms with E-state index in [2.05, 4.69) is 10.1 Å². The monoisotopic (exact) mass is 525 g/mol. The molecule has 1 amide bonds. The minimum absolute atomic E-state index is 0.258. The Morgan fingerprint density at radius 3 is 2.40 bits per heavy atom. The molecule has 0 aromatic carbocycles. The molecule has 1 unspecified atom stereocenters. The van der Waals surface area contributed by atoms with E-state index in [9.17, 15) is 40.6 Å². The smallest absolute Gasteiger partial charge is 0.420 e. The van der Waals surface area contributed by atoms with Crippen molar-refractivity contribution in [2.45, 2.75) is 55.5 Å². The predicted molar refractivity (Wildman–Crippen MR) is 108 cm³/mol. The zero-order chi connectivity index (χ0) is 25.9. The number of pyridine rings is 1. The maximum Gasteiger partial charge on any atom is 0.420 e. The highest BCUT2D eigenvalue weighted by atomic mass is 32.2. The number of carbonyl (C=O) groups is 1. The van der Waals surface area contributed by atoms with E-state index in [1.807, 2.05) is 0 Å². The first-order valence-corrected chi connectivity index (χ1v) is 12.5. The van der Waals surface area contributed by atoms with Gasteiger partial charge in [0.15, 0.2) is 5.03 Å². The van der Waals surface area contributed by atoms with Crippen LogP contribution in [0, 0.1) is 16.6 Å². The fraction of sp³-hybridized carbons (Fsp3) is 0.550. The number of nitrogens with one attached hydrogen (secondary N) is 1. The summed E-state index contributed by atoms with van der Waals surface area (Å²) in [6, 6.07) is 2.01. The SMILES string of the molecule is CS(=N)(=O)c1cc(=NC(=O)c2c(C(F)(F)F)c(C3CC3)nn2CC2CC(C(F)(F)F)C2)ccn1O. The van der Waals surface area contributed by atoms with E-state index in [-0.39, 0.29) is 30.4 Å². The van der Waals surface area contributed by atoms with Crippen LogP contribution in [0.4, 0.5) is 26.3 Å². The van der Waals surface area contributed by atoms with E-state index in [4.69, 9.17) is 4.78 Å². The van der Waals surface area contributed by atoms with E-state index in [1.54, 1.807) is 0 Å². The molecule has 2 fully saturated rings. The molecule has 2 aromatic rings. The second kappa shape index (κ2) is 8.38. The maximum absolute atomic E-state index is 14.0. The van der Waals surface area contributed by atoms with Gasteiger partial charge < -0.3 is 5.21 Å². The summed E-state index contributed by atoms with van der Waals surface area (Å²) >= 11 is 0. The lowest BCUT2D eigenvalue weighted by Crippen LogP contribution is -2.38. The average Bonchev–Trinajstić information content (AvgIpc) is 3.43. The number of carbonyl (C=O) groups excluding carboxylic acids is 1. The van der Waals surface area contributed by atoms with Crippen molar-refractivity contribution in [1.82, 2.24) is 14.5 Å². The van der Waals surface area contributed by atoms with E-state index >= 15 is 0 Å². The van der Waals surface area contributed by atoms with Crippen molar-refractivity contribution in [3.05, 3.63) is 40.6 Å². The van der Waals surface area contributed by atoms with Crippen LogP contribution in [0.3, 0.4) is 0 Å². The Bertz CT molecular complexity index is 1330. The van der Waals surface area contributed by atoms with Crippen LogP contribution in [0.5, 0.6) is 0 Å². The van der Waals surface area contributed by atoms with Crippen molar-refractivity contribution < 1.29 is 40.6 Å². The fourth-order valence-corrected chi connectivity index (χ4v) is 4.90. The topological polar surface area (TPSA) is 113 Å². The largest absolute Gasteiger partial charge is 0.428 e. The summed E-state index contributed by atoms with van der Waals surface area (Å²) in [5, 5.41) is 13.1. The number of amides is 1. The van der Waals surface area contributed by atoms with Crippen molar-refractivity contribution >= 4 is 15.6 Å². The number of hydrogen-bond acceptors (Lipinski definition) is 5. The third-order valence-corrected chi connectivity index (χ3v) is 7.18. The van der Waals surface area contributed by atoms with Crippen LogP contribution in [0.1, 0.15) is 53.3 Å². The number of halogens is 6. The second-order valence-corrected chi connectivity index (χ2v) is 11.1. The lowest BCUT2D eigenvalue weighted by Gasteiger charge is -2.36. The summed E-state index contributed by atoms with van der Waals surface area (Å²) in [5.41, 5.74) is -2.46. The van der Waals surface area contributed by atoms with Crippen LogP contribution in [0.15, 0.2) is 28.3 Å². The van der Waals surface area contributed by atoms with Crippen LogP contribution in [0.2, 0.25) is 0 Å². The van der Waals surface area contributed by atoms with Gasteiger partial charge in [0.2, 0.25) is 0 Å². The molecule has 35 heavy (non-hydrogen) atoms. The molecular weight excluding hydrogens is 504 g/mol. The fourth-order valence-electron chi connectivity index (χ4n) is 4.14. The molecule has 8 nitrogen and oxygen atoms in total. The first kappa shape index (κ1) is 25.3. The summed E-state index contributed by atoms with van der Waals surface area (Å²) in [5.74, 6) is -3.99. The van der Waals surface area contributed by atoms with Crippen LogP contribution in [0.25, 0.3) is 0 Å². The quantitative estimate of drug-likeness (QED) is 0.450. The summed E-state index contributed by atoms with van der Waals surface area (Å²) < 4.78 is 101. The van der Waals surface area contributed by atoms with Crippen molar-refractivity contribution in [2.75, 3.05) is 6.26 Å². The summed E-state index contributed by atoms with van der Waals surface area (Å²) in [4.78, 5) is 16.7. The van der Waals surface area contributed by atoms with Gasteiger partial charge in [-0.2, -0.15) is 36.2 Å². The van der Waals surface area contributed by atoms with Crippen molar-refractivity contribution in [1.29, 1.82) is 4.78 Å². The second-order valence-electron chi connectivity index (χ2n) is 8.97. The van der Waals surface area contributed by atoms with E-state index < -0.39 is 62.0 Å². The highest BCUT2D eigenvalue weighted by molar-refractivity contribution is 7.91. The van der Waals surface area contributed by atoms with Gasteiger partial charge in [-0.25, -0.2) is 14.0 Å². The molecule has 2 heterocycles. The molecule has 192 valence electrons. The lowest BCUT2D eigenvalue weighted by atomic mass is 9.74. The summed E-state index contributed by atoms with van der Waals surface area (Å²) in [6.45, 7) is -0.300. The molecule has 0 aliphatic heterocycles. The predicted octanol–water partition coefficient (Wildman–Crippen LogP) is 4.18. The zero-order valence-electron chi connectivity index (χ0n) is 18.2. The summed E-state index contributed by atoms with van der Waals surface area (Å²) in [6.07, 6.45) is -7.10. The van der Waals surface area contributed by atoms with Crippen LogP contribution < -0.4 is 5.36 Å². The van der Waals surface area contributed by atoms with Gasteiger partial charge in [-0.15, -0.1) is 0 Å². The molecule has 1 atom stereocenters. The van der Waals surface area contributed by atoms with Gasteiger partial charge in [0, 0.05) is 31.0 Å². The zero-order valence-corrected chi connectivity index (χ0v) is 19.0. The minimum Gasteiger partial charge on any atom is -0.428 e. The molecule has 2 N–H and O–H groups in total. The highest BCUT2D eigenvalue weighted by Crippen LogP contribution is 2.48. The van der Waals surface area contributed by atoms with Crippen LogP contribution in [-0.4, -0.2) is 42.3 Å². The molecule has 2 aliphatic carbocycles. The Kier molecular flexibility index (Phi) is 6.05. The maximum atomic E-state index is 14.0. The van der Waals surface area contributed by atoms with E-state index in [0.717, 1.165) is 29.3 Å². The molecule has 0 bridgehead atoms. The molecule has 0 saturated heterocycles. The standard InChI is InChI=1S/C20H21F6N5O3S/c1-35(27,34)14-8-13(4-5-31(14)33)28-18(32)17-15(20(24,25)26)16(11-2-3-11)29-30(17)9-10-6-12(7-10)19(21,22)23/h4-5,8,10-12,27,33H,2-3,6-7,9H2,1H3. The van der Waals surface area contributed by atoms with Crippen molar-refractivity contribution in [2.24, 2.45) is 16.8 Å². The van der Waals surface area contributed by atoms with Gasteiger partial charge in [0.25, 0.3) is 5.91 Å². The number of alkyl halides is 6. The van der Waals surface area contributed by atoms with Crippen molar-refractivity contribution in [3.63, 3.8) is 0 Å². The minimum atomic E-state index is -4.96. The molecular formula is C20H21F6N5O3S. The molecule has 0 spiro atoms. The first-order valence-electron chi connectivity index (χ1n) is 10.5. The normalized spacial score (nSPS) is 23.1. The van der Waals surface area contributed by atoms with Gasteiger partial charge >= 0.3 is 12.4 Å². The Morgan fingerprint density at radius 2 is 1.89 bits per heavy atom. The molecule has 4 rings (SSSR count). The molecule has 15 heteroatoms. The Hall–Kier alpha value is -2.84. The van der Waals surface area contributed by atoms with E-state index in [0.29, 0.717) is 17.6 Å². The third-order valence-electron chi connectivity index (χ3n) is 6.07. The molecule has 2 saturated carbocycles. The lowest BCUT2D eigenvalue weighted by molar-refractivity contribution is -0.205. The Balaban J connectivity index is 1.77. The number of hydrogen-bond donors (Lipinski definition) is 2. The van der Waals surface area contributed by atoms with E-state index in [1.165, 1.54) is 0 Å². The summed E-state index contributed by atoms with van der Waals surface area (Å²) in [7, 11) is -3.47. The van der Waals surface area contributed by atoms with Gasteiger partial charge in [-0.05, 0) is 37.7 Å². The van der Waals surface area contributed by atoms with Gasteiger partial charge in [-0.1, -0.05) is 0 Å². The molecule has 2 aliphatic rings. The Morgan fingerprint density at radius 1 is 1.26 bits per heavy atom. The highest BCUT2D eigenvalue weighted by Gasteiger charge is 2.49. The Labute approximate surface area is 195 Å².